The van der Waals surface area contributed by atoms with E-state index in [4.69, 9.17) is 4.74 Å². The van der Waals surface area contributed by atoms with Crippen LogP contribution >= 0.6 is 0 Å². The van der Waals surface area contributed by atoms with Crippen LogP contribution in [0.2, 0.25) is 0 Å². The number of benzene rings is 1. The fraction of sp³-hybridized carbons (Fsp3) is 0.308. The monoisotopic (exact) mass is 296 g/mol. The molecule has 0 saturated carbocycles. The zero-order chi connectivity index (χ0) is 14.6. The summed E-state index contributed by atoms with van der Waals surface area (Å²) >= 11 is 0. The Bertz CT molecular complexity index is 666. The van der Waals surface area contributed by atoms with Gasteiger partial charge in [-0.1, -0.05) is 5.16 Å². The molecule has 7 heteroatoms. The van der Waals surface area contributed by atoms with Crippen LogP contribution in [0.3, 0.4) is 0 Å². The molecule has 0 aliphatic heterocycles. The van der Waals surface area contributed by atoms with Crippen molar-refractivity contribution >= 4 is 10.0 Å². The first-order chi connectivity index (χ1) is 9.53. The molecule has 1 aromatic heterocycles. The number of aromatic nitrogens is 1. The van der Waals surface area contributed by atoms with Crippen LogP contribution in [0.4, 0.5) is 0 Å². The van der Waals surface area contributed by atoms with Crippen molar-refractivity contribution in [3.05, 3.63) is 41.8 Å². The molecule has 0 spiro atoms. The van der Waals surface area contributed by atoms with E-state index >= 15 is 0 Å². The molecule has 108 valence electrons. The van der Waals surface area contributed by atoms with Gasteiger partial charge in [0.15, 0.2) is 0 Å². The quantitative estimate of drug-likeness (QED) is 0.874. The molecular weight excluding hydrogens is 280 g/mol. The Labute approximate surface area is 117 Å². The van der Waals surface area contributed by atoms with E-state index in [0.29, 0.717) is 12.2 Å². The highest BCUT2D eigenvalue weighted by Crippen LogP contribution is 2.21. The molecule has 0 radical (unpaired) electrons. The van der Waals surface area contributed by atoms with Crippen molar-refractivity contribution in [3.63, 3.8) is 0 Å². The lowest BCUT2D eigenvalue weighted by molar-refractivity contribution is 0.411. The zero-order valence-electron chi connectivity index (χ0n) is 11.3. The van der Waals surface area contributed by atoms with E-state index in [-0.39, 0.29) is 11.4 Å². The number of nitrogens with zero attached hydrogens (tertiary/aromatic N) is 1. The van der Waals surface area contributed by atoms with E-state index in [1.165, 1.54) is 12.3 Å². The van der Waals surface area contributed by atoms with Gasteiger partial charge in [0.1, 0.15) is 12.0 Å². The molecular formula is C13H16N2O4S. The summed E-state index contributed by atoms with van der Waals surface area (Å²) in [5.74, 6) is 0.661. The van der Waals surface area contributed by atoms with Crippen molar-refractivity contribution in [1.29, 1.82) is 0 Å². The van der Waals surface area contributed by atoms with Crippen LogP contribution in [0.5, 0.6) is 5.75 Å². The van der Waals surface area contributed by atoms with Crippen LogP contribution in [0.15, 0.2) is 40.1 Å². The highest BCUT2D eigenvalue weighted by molar-refractivity contribution is 7.89. The third kappa shape index (κ3) is 3.37. The van der Waals surface area contributed by atoms with E-state index in [2.05, 4.69) is 14.4 Å². The maximum atomic E-state index is 12.1. The summed E-state index contributed by atoms with van der Waals surface area (Å²) in [5, 5.41) is 3.56. The topological polar surface area (TPSA) is 81.4 Å². The van der Waals surface area contributed by atoms with E-state index in [1.54, 1.807) is 32.4 Å². The second-order valence-corrected chi connectivity index (χ2v) is 6.08. The molecule has 1 aromatic carbocycles. The Morgan fingerprint density at radius 1 is 1.40 bits per heavy atom. The number of aryl methyl sites for hydroxylation is 1. The lowest BCUT2D eigenvalue weighted by Gasteiger charge is -2.09. The molecule has 0 fully saturated rings. The minimum absolute atomic E-state index is 0.223. The number of ether oxygens (including phenoxy) is 1. The number of hydrogen-bond donors (Lipinski definition) is 1. The normalized spacial score (nSPS) is 11.5. The summed E-state index contributed by atoms with van der Waals surface area (Å²) in [7, 11) is -1.97. The molecule has 0 aliphatic carbocycles. The van der Waals surface area contributed by atoms with Crippen LogP contribution in [0.25, 0.3) is 0 Å². The molecule has 0 bridgehead atoms. The third-order valence-corrected chi connectivity index (χ3v) is 4.32. The van der Waals surface area contributed by atoms with Crippen molar-refractivity contribution in [3.8, 4) is 5.75 Å². The lowest BCUT2D eigenvalue weighted by Crippen LogP contribution is -2.26. The van der Waals surface area contributed by atoms with Crippen LogP contribution < -0.4 is 9.46 Å². The molecule has 0 amide bonds. The van der Waals surface area contributed by atoms with Gasteiger partial charge in [-0.25, -0.2) is 13.1 Å². The number of rotatable bonds is 6. The first-order valence-corrected chi connectivity index (χ1v) is 7.54. The molecule has 0 aliphatic rings. The minimum atomic E-state index is -3.52. The predicted molar refractivity (Wildman–Crippen MR) is 73.1 cm³/mol. The van der Waals surface area contributed by atoms with Crippen LogP contribution in [0, 0.1) is 6.92 Å². The van der Waals surface area contributed by atoms with E-state index in [1.807, 2.05) is 0 Å². The van der Waals surface area contributed by atoms with Gasteiger partial charge in [0.2, 0.25) is 10.0 Å². The van der Waals surface area contributed by atoms with Crippen LogP contribution in [-0.4, -0.2) is 27.2 Å². The molecule has 2 rings (SSSR count). The van der Waals surface area contributed by atoms with Gasteiger partial charge in [-0.2, -0.15) is 0 Å². The van der Waals surface area contributed by atoms with Crippen molar-refractivity contribution in [2.45, 2.75) is 18.2 Å². The minimum Gasteiger partial charge on any atom is -0.496 e. The van der Waals surface area contributed by atoms with Gasteiger partial charge in [0.05, 0.1) is 18.2 Å². The van der Waals surface area contributed by atoms with Crippen molar-refractivity contribution < 1.29 is 17.7 Å². The fourth-order valence-corrected chi connectivity index (χ4v) is 2.90. The molecule has 0 unspecified atom stereocenters. The van der Waals surface area contributed by atoms with Crippen molar-refractivity contribution in [2.24, 2.45) is 0 Å². The van der Waals surface area contributed by atoms with Gasteiger partial charge in [-0.3, -0.25) is 0 Å². The molecule has 2 aromatic rings. The zero-order valence-corrected chi connectivity index (χ0v) is 12.1. The number of sulfonamides is 1. The van der Waals surface area contributed by atoms with E-state index < -0.39 is 10.0 Å². The molecule has 1 heterocycles. The maximum Gasteiger partial charge on any atom is 0.240 e. The highest BCUT2D eigenvalue weighted by atomic mass is 32.2. The Hall–Kier alpha value is -1.86. The van der Waals surface area contributed by atoms with Gasteiger partial charge in [0.25, 0.3) is 0 Å². The standard InChI is InChI=1S/C13H16N2O4S/c1-10-7-12(3-4-13(10)18-2)20(16,17)15-6-5-11-8-14-19-9-11/h3-4,7-9,15H,5-6H2,1-2H3. The van der Waals surface area contributed by atoms with E-state index in [9.17, 15) is 8.42 Å². The fourth-order valence-electron chi connectivity index (χ4n) is 1.78. The lowest BCUT2D eigenvalue weighted by atomic mass is 10.2. The van der Waals surface area contributed by atoms with Gasteiger partial charge < -0.3 is 9.26 Å². The van der Waals surface area contributed by atoms with Crippen LogP contribution in [0.1, 0.15) is 11.1 Å². The largest absolute Gasteiger partial charge is 0.496 e. The van der Waals surface area contributed by atoms with E-state index in [0.717, 1.165) is 11.1 Å². The maximum absolute atomic E-state index is 12.1. The summed E-state index contributed by atoms with van der Waals surface area (Å²) in [4.78, 5) is 0.223. The predicted octanol–water partition coefficient (Wildman–Crippen LogP) is 1.51. The number of methoxy groups -OCH3 is 1. The molecule has 20 heavy (non-hydrogen) atoms. The van der Waals surface area contributed by atoms with Crippen molar-refractivity contribution in [2.75, 3.05) is 13.7 Å². The van der Waals surface area contributed by atoms with Crippen molar-refractivity contribution in [1.82, 2.24) is 9.88 Å². The summed E-state index contributed by atoms with van der Waals surface area (Å²) in [6.45, 7) is 2.09. The summed E-state index contributed by atoms with van der Waals surface area (Å²) in [5.41, 5.74) is 1.62. The third-order valence-electron chi connectivity index (χ3n) is 2.87. The Kier molecular flexibility index (Phi) is 4.41. The molecule has 1 N–H and O–H groups in total. The highest BCUT2D eigenvalue weighted by Gasteiger charge is 2.14. The number of hydrogen-bond acceptors (Lipinski definition) is 5. The van der Waals surface area contributed by atoms with Gasteiger partial charge in [0, 0.05) is 12.1 Å². The summed E-state index contributed by atoms with van der Waals surface area (Å²) in [6, 6.07) is 4.75. The number of nitrogens with one attached hydrogen (secondary N) is 1. The Balaban J connectivity index is 2.04. The second kappa shape index (κ2) is 6.06. The average Bonchev–Trinajstić information content (AvgIpc) is 2.91. The summed E-state index contributed by atoms with van der Waals surface area (Å²) < 4.78 is 36.6. The smallest absolute Gasteiger partial charge is 0.240 e. The first kappa shape index (κ1) is 14.5. The average molecular weight is 296 g/mol. The Morgan fingerprint density at radius 2 is 2.20 bits per heavy atom. The SMILES string of the molecule is COc1ccc(S(=O)(=O)NCCc2cnoc2)cc1C. The van der Waals surface area contributed by atoms with Gasteiger partial charge >= 0.3 is 0 Å². The van der Waals surface area contributed by atoms with Gasteiger partial charge in [-0.05, 0) is 37.1 Å². The second-order valence-electron chi connectivity index (χ2n) is 4.31. The molecule has 0 atom stereocenters. The molecule has 0 saturated heterocycles. The Morgan fingerprint density at radius 3 is 2.80 bits per heavy atom. The van der Waals surface area contributed by atoms with Gasteiger partial charge in [-0.15, -0.1) is 0 Å². The van der Waals surface area contributed by atoms with Crippen LogP contribution in [-0.2, 0) is 16.4 Å². The molecule has 6 nitrogen and oxygen atoms in total. The first-order valence-electron chi connectivity index (χ1n) is 6.05. The summed E-state index contributed by atoms with van der Waals surface area (Å²) in [6.07, 6.45) is 3.58.